The number of para-hydroxylation sites is 2. The summed E-state index contributed by atoms with van der Waals surface area (Å²) in [4.78, 5) is 2.47. The number of anilines is 5. The van der Waals surface area contributed by atoms with E-state index in [-0.39, 0.29) is 5.41 Å². The van der Waals surface area contributed by atoms with Gasteiger partial charge in [0.1, 0.15) is 0 Å². The quantitative estimate of drug-likeness (QED) is 0.169. The summed E-state index contributed by atoms with van der Waals surface area (Å²) in [5, 5.41) is 6.30. The number of ether oxygens (including phenoxy) is 2. The average molecular weight is 829 g/mol. The topological polar surface area (TPSA) is 33.7 Å². The Morgan fingerprint density at radius 1 is 0.469 bits per heavy atom. The highest BCUT2D eigenvalue weighted by Crippen LogP contribution is 2.50. The Hall–Kier alpha value is -7.50. The Kier molecular flexibility index (Phi) is 9.47. The Morgan fingerprint density at radius 3 is 1.81 bits per heavy atom. The van der Waals surface area contributed by atoms with Gasteiger partial charge in [-0.3, -0.25) is 0 Å². The fourth-order valence-electron chi connectivity index (χ4n) is 9.72. The molecule has 0 saturated carbocycles. The van der Waals surface area contributed by atoms with Crippen LogP contribution in [0, 0.1) is 20.8 Å². The zero-order chi connectivity index (χ0) is 43.7. The molecule has 0 unspecified atom stereocenters. The summed E-state index contributed by atoms with van der Waals surface area (Å²) in [6.45, 7) is 13.5. The van der Waals surface area contributed by atoms with Crippen molar-refractivity contribution in [1.29, 1.82) is 0 Å². The van der Waals surface area contributed by atoms with Gasteiger partial charge in [-0.2, -0.15) is 0 Å². The number of rotatable bonds is 6. The fourth-order valence-corrected chi connectivity index (χ4v) is 9.72. The summed E-state index contributed by atoms with van der Waals surface area (Å²) in [7, 11) is 0.690. The van der Waals surface area contributed by atoms with Crippen molar-refractivity contribution in [2.24, 2.45) is 0 Å². The van der Waals surface area contributed by atoms with Crippen LogP contribution in [-0.4, -0.2) is 7.28 Å². The molecule has 310 valence electrons. The largest absolute Gasteiger partial charge is 0.450 e. The maximum atomic E-state index is 6.62. The molecular formula is C59H49BN2O2. The van der Waals surface area contributed by atoms with Gasteiger partial charge >= 0.3 is 0 Å². The van der Waals surface area contributed by atoms with E-state index in [1.54, 1.807) is 0 Å². The van der Waals surface area contributed by atoms with Gasteiger partial charge in [-0.15, -0.1) is 0 Å². The van der Waals surface area contributed by atoms with Crippen molar-refractivity contribution in [1.82, 2.24) is 0 Å². The van der Waals surface area contributed by atoms with Gasteiger partial charge in [0, 0.05) is 40.1 Å². The Morgan fingerprint density at radius 2 is 1.12 bits per heavy atom. The first-order chi connectivity index (χ1) is 31.1. The van der Waals surface area contributed by atoms with Gasteiger partial charge in [-0.25, -0.2) is 0 Å². The molecule has 0 aromatic heterocycles. The summed E-state index contributed by atoms with van der Waals surface area (Å²) in [6.07, 6.45) is 0. The lowest BCUT2D eigenvalue weighted by molar-refractivity contribution is 0.360. The second kappa shape index (κ2) is 15.4. The molecule has 9 aromatic rings. The SMILES string of the molecule is Cc1cc(-c2ccccc2)ccc1N1c2cc3c(cc2Bc2c(-c4cc5ccccc5cc4Nc4ccc(C(C)(C)C)cc4)cc(-c4c(C)cccc4C)cc21)Oc1ccccc1O3. The highest BCUT2D eigenvalue weighted by molar-refractivity contribution is 6.73. The van der Waals surface area contributed by atoms with Crippen molar-refractivity contribution in [3.8, 4) is 56.4 Å². The van der Waals surface area contributed by atoms with Crippen LogP contribution in [0.5, 0.6) is 23.0 Å². The molecule has 2 heterocycles. The van der Waals surface area contributed by atoms with Crippen molar-refractivity contribution >= 4 is 57.4 Å². The highest BCUT2D eigenvalue weighted by Gasteiger charge is 2.33. The van der Waals surface area contributed by atoms with Crippen molar-refractivity contribution in [3.05, 3.63) is 198 Å². The first-order valence-electron chi connectivity index (χ1n) is 22.3. The molecule has 2 aliphatic heterocycles. The smallest absolute Gasteiger partial charge is 0.198 e. The zero-order valence-electron chi connectivity index (χ0n) is 37.2. The van der Waals surface area contributed by atoms with Crippen LogP contribution >= 0.6 is 0 Å². The second-order valence-electron chi connectivity index (χ2n) is 18.4. The van der Waals surface area contributed by atoms with E-state index in [1.807, 2.05) is 24.3 Å². The summed E-state index contributed by atoms with van der Waals surface area (Å²) in [6, 6.07) is 63.6. The minimum Gasteiger partial charge on any atom is -0.450 e. The van der Waals surface area contributed by atoms with Crippen LogP contribution in [0.2, 0.25) is 0 Å². The molecule has 0 spiro atoms. The minimum absolute atomic E-state index is 0.0576. The number of nitrogens with zero attached hydrogens (tertiary/aromatic N) is 1. The fraction of sp³-hybridized carbons (Fsp3) is 0.119. The number of benzene rings is 9. The van der Waals surface area contributed by atoms with Crippen LogP contribution in [0.3, 0.4) is 0 Å². The van der Waals surface area contributed by atoms with E-state index < -0.39 is 0 Å². The molecule has 11 rings (SSSR count). The van der Waals surface area contributed by atoms with Gasteiger partial charge in [-0.05, 0) is 159 Å². The molecule has 2 aliphatic rings. The summed E-state index contributed by atoms with van der Waals surface area (Å²) < 4.78 is 13.2. The van der Waals surface area contributed by atoms with Gasteiger partial charge in [-0.1, -0.05) is 129 Å². The van der Waals surface area contributed by atoms with Crippen LogP contribution < -0.4 is 30.6 Å². The molecule has 0 saturated heterocycles. The molecule has 5 heteroatoms. The number of hydrogen-bond acceptors (Lipinski definition) is 4. The van der Waals surface area contributed by atoms with Crippen LogP contribution in [0.25, 0.3) is 44.2 Å². The van der Waals surface area contributed by atoms with E-state index in [9.17, 15) is 0 Å². The van der Waals surface area contributed by atoms with Crippen molar-refractivity contribution in [2.45, 2.75) is 47.0 Å². The van der Waals surface area contributed by atoms with E-state index in [4.69, 9.17) is 9.47 Å². The number of aryl methyl sites for hydroxylation is 3. The normalized spacial score (nSPS) is 12.6. The molecule has 0 fully saturated rings. The lowest BCUT2D eigenvalue weighted by Gasteiger charge is -2.37. The van der Waals surface area contributed by atoms with Crippen LogP contribution in [0.15, 0.2) is 176 Å². The first-order valence-corrected chi connectivity index (χ1v) is 22.3. The maximum Gasteiger partial charge on any atom is 0.198 e. The monoisotopic (exact) mass is 828 g/mol. The molecule has 0 bridgehead atoms. The third-order valence-corrected chi connectivity index (χ3v) is 13.0. The summed E-state index contributed by atoms with van der Waals surface area (Å²) in [5.41, 5.74) is 20.0. The van der Waals surface area contributed by atoms with Gasteiger partial charge in [0.15, 0.2) is 30.3 Å². The Balaban J connectivity index is 1.18. The molecule has 4 nitrogen and oxygen atoms in total. The Labute approximate surface area is 377 Å². The standard InChI is InChI=1S/C59H49BN2O2/c1-36-15-14-16-37(2)57(36)43-31-47(46-30-40-19-10-11-20-41(40)32-49(46)61-45-26-24-44(25-27-45)59(4,5)6)58-52(33-43)62(50-28-23-42(29-38(50)3)39-17-8-7-9-18-39)51-35-56-55(34-48(51)60-58)63-53-21-12-13-22-54(53)64-56/h7-35,60-61H,1-6H3. The van der Waals surface area contributed by atoms with E-state index in [0.29, 0.717) is 18.8 Å². The van der Waals surface area contributed by atoms with Gasteiger partial charge in [0.05, 0.1) is 0 Å². The van der Waals surface area contributed by atoms with E-state index in [1.165, 1.54) is 66.3 Å². The van der Waals surface area contributed by atoms with E-state index in [0.717, 1.165) is 51.0 Å². The Bertz CT molecular complexity index is 3270. The number of hydrogen-bond donors (Lipinski definition) is 1. The van der Waals surface area contributed by atoms with Crippen LogP contribution in [0.1, 0.15) is 43.0 Å². The van der Waals surface area contributed by atoms with Crippen LogP contribution in [-0.2, 0) is 5.41 Å². The first kappa shape index (κ1) is 39.4. The van der Waals surface area contributed by atoms with E-state index in [2.05, 4.69) is 203 Å². The summed E-state index contributed by atoms with van der Waals surface area (Å²) in [5.74, 6) is 2.85. The predicted molar refractivity (Wildman–Crippen MR) is 271 cm³/mol. The molecule has 1 N–H and O–H groups in total. The van der Waals surface area contributed by atoms with Crippen molar-refractivity contribution in [3.63, 3.8) is 0 Å². The van der Waals surface area contributed by atoms with Gasteiger partial charge in [0.25, 0.3) is 0 Å². The summed E-state index contributed by atoms with van der Waals surface area (Å²) >= 11 is 0. The molecule has 9 aromatic carbocycles. The molecule has 0 radical (unpaired) electrons. The molecule has 0 atom stereocenters. The minimum atomic E-state index is 0.0576. The maximum absolute atomic E-state index is 6.62. The van der Waals surface area contributed by atoms with Crippen molar-refractivity contribution in [2.75, 3.05) is 10.2 Å². The predicted octanol–water partition coefficient (Wildman–Crippen LogP) is 14.9. The van der Waals surface area contributed by atoms with Crippen LogP contribution in [0.4, 0.5) is 28.4 Å². The third-order valence-electron chi connectivity index (χ3n) is 13.0. The lowest BCUT2D eigenvalue weighted by atomic mass is 9.57. The molecule has 0 aliphatic carbocycles. The third kappa shape index (κ3) is 6.98. The molecule has 0 amide bonds. The van der Waals surface area contributed by atoms with Gasteiger partial charge in [0.2, 0.25) is 0 Å². The lowest BCUT2D eigenvalue weighted by Crippen LogP contribution is -2.41. The average Bonchev–Trinajstić information content (AvgIpc) is 3.29. The zero-order valence-corrected chi connectivity index (χ0v) is 37.2. The number of nitrogens with one attached hydrogen (secondary N) is 1. The highest BCUT2D eigenvalue weighted by atomic mass is 16.6. The molecule has 64 heavy (non-hydrogen) atoms. The van der Waals surface area contributed by atoms with Gasteiger partial charge < -0.3 is 19.7 Å². The molecular weight excluding hydrogens is 779 g/mol. The number of fused-ring (bicyclic) bond motifs is 5. The second-order valence-corrected chi connectivity index (χ2v) is 18.4. The van der Waals surface area contributed by atoms with Crippen molar-refractivity contribution < 1.29 is 9.47 Å². The van der Waals surface area contributed by atoms with E-state index >= 15 is 0 Å².